The van der Waals surface area contributed by atoms with Crippen LogP contribution in [0.5, 0.6) is 0 Å². The van der Waals surface area contributed by atoms with E-state index in [1.807, 2.05) is 20.0 Å². The second kappa shape index (κ2) is 9.09. The number of carbonyl (C=O) groups excluding carboxylic acids is 1. The van der Waals surface area contributed by atoms with Gasteiger partial charge >= 0.3 is 0 Å². The SMILES string of the molecule is Cc1cnc(C2CCN(C(=O)CCS(=O)(=O)c3ccccc3)CC2)n1[C@H](C)CO. The summed E-state index contributed by atoms with van der Waals surface area (Å²) in [5.74, 6) is 0.900. The Balaban J connectivity index is 1.57. The average Bonchev–Trinajstić information content (AvgIpc) is 3.13. The Bertz CT molecular complexity index is 932. The molecule has 0 saturated carbocycles. The number of rotatable bonds is 7. The molecule has 0 spiro atoms. The Morgan fingerprint density at radius 1 is 1.24 bits per heavy atom. The number of hydrogen-bond acceptors (Lipinski definition) is 5. The molecule has 1 saturated heterocycles. The molecular formula is C21H29N3O4S. The summed E-state index contributed by atoms with van der Waals surface area (Å²) < 4.78 is 26.9. The molecule has 158 valence electrons. The van der Waals surface area contributed by atoms with Gasteiger partial charge in [0.05, 0.1) is 23.3 Å². The number of hydrogen-bond donors (Lipinski definition) is 1. The molecule has 1 aliphatic heterocycles. The highest BCUT2D eigenvalue weighted by atomic mass is 32.2. The number of likely N-dealkylation sites (tertiary alicyclic amines) is 1. The summed E-state index contributed by atoms with van der Waals surface area (Å²) in [7, 11) is -3.45. The van der Waals surface area contributed by atoms with Crippen molar-refractivity contribution in [1.29, 1.82) is 0 Å². The summed E-state index contributed by atoms with van der Waals surface area (Å²) in [6.07, 6.45) is 3.39. The molecule has 0 aliphatic carbocycles. The molecule has 1 amide bonds. The van der Waals surface area contributed by atoms with Crippen LogP contribution in [0.4, 0.5) is 0 Å². The number of sulfone groups is 1. The third-order valence-electron chi connectivity index (χ3n) is 5.62. The first-order valence-electron chi connectivity index (χ1n) is 10.0. The molecule has 0 bridgehead atoms. The van der Waals surface area contributed by atoms with E-state index >= 15 is 0 Å². The topological polar surface area (TPSA) is 92.5 Å². The lowest BCUT2D eigenvalue weighted by Gasteiger charge is -2.32. The number of imidazole rings is 1. The van der Waals surface area contributed by atoms with Crippen LogP contribution in [0.1, 0.15) is 49.7 Å². The summed E-state index contributed by atoms with van der Waals surface area (Å²) in [5.41, 5.74) is 1.02. The minimum Gasteiger partial charge on any atom is -0.394 e. The van der Waals surface area contributed by atoms with Crippen molar-refractivity contribution in [2.75, 3.05) is 25.4 Å². The second-order valence-corrected chi connectivity index (χ2v) is 9.81. The molecule has 1 aliphatic rings. The Morgan fingerprint density at radius 2 is 1.90 bits per heavy atom. The number of aromatic nitrogens is 2. The molecule has 3 rings (SSSR count). The van der Waals surface area contributed by atoms with E-state index in [4.69, 9.17) is 0 Å². The van der Waals surface area contributed by atoms with Crippen LogP contribution in [0.2, 0.25) is 0 Å². The van der Waals surface area contributed by atoms with E-state index < -0.39 is 9.84 Å². The van der Waals surface area contributed by atoms with Crippen molar-refractivity contribution >= 4 is 15.7 Å². The van der Waals surface area contributed by atoms with Gasteiger partial charge in [0.25, 0.3) is 0 Å². The Labute approximate surface area is 172 Å². The number of benzene rings is 1. The zero-order valence-electron chi connectivity index (χ0n) is 17.0. The lowest BCUT2D eigenvalue weighted by Crippen LogP contribution is -2.39. The fourth-order valence-corrected chi connectivity index (χ4v) is 5.19. The van der Waals surface area contributed by atoms with Gasteiger partial charge in [-0.2, -0.15) is 0 Å². The van der Waals surface area contributed by atoms with Crippen molar-refractivity contribution in [3.8, 4) is 0 Å². The summed E-state index contributed by atoms with van der Waals surface area (Å²) in [5, 5.41) is 9.53. The van der Waals surface area contributed by atoms with Crippen LogP contribution in [0.25, 0.3) is 0 Å². The lowest BCUT2D eigenvalue weighted by molar-refractivity contribution is -0.131. The van der Waals surface area contributed by atoms with Gasteiger partial charge in [-0.15, -0.1) is 0 Å². The van der Waals surface area contributed by atoms with E-state index in [1.54, 1.807) is 35.2 Å². The van der Waals surface area contributed by atoms with Crippen LogP contribution < -0.4 is 0 Å². The van der Waals surface area contributed by atoms with Crippen LogP contribution in [0.15, 0.2) is 41.4 Å². The zero-order valence-corrected chi connectivity index (χ0v) is 17.8. The fourth-order valence-electron chi connectivity index (χ4n) is 3.93. The normalized spacial score (nSPS) is 16.7. The van der Waals surface area contributed by atoms with Crippen molar-refractivity contribution in [2.24, 2.45) is 0 Å². The molecule has 1 aromatic heterocycles. The number of aryl methyl sites for hydroxylation is 1. The molecule has 7 nitrogen and oxygen atoms in total. The van der Waals surface area contributed by atoms with Gasteiger partial charge in [0.1, 0.15) is 5.82 Å². The minimum atomic E-state index is -3.45. The number of amides is 1. The number of piperidine rings is 1. The quantitative estimate of drug-likeness (QED) is 0.743. The lowest BCUT2D eigenvalue weighted by atomic mass is 9.95. The minimum absolute atomic E-state index is 0.00280. The van der Waals surface area contributed by atoms with Gasteiger partial charge in [0.2, 0.25) is 5.91 Å². The van der Waals surface area contributed by atoms with E-state index in [1.165, 1.54) is 0 Å². The molecule has 2 aromatic rings. The van der Waals surface area contributed by atoms with Gasteiger partial charge in [-0.25, -0.2) is 13.4 Å². The molecule has 1 atom stereocenters. The second-order valence-electron chi connectivity index (χ2n) is 7.70. The van der Waals surface area contributed by atoms with Gasteiger partial charge in [-0.05, 0) is 38.8 Å². The van der Waals surface area contributed by atoms with Crippen LogP contribution in [0, 0.1) is 6.92 Å². The van der Waals surface area contributed by atoms with E-state index in [2.05, 4.69) is 9.55 Å². The van der Waals surface area contributed by atoms with Gasteiger partial charge in [0.15, 0.2) is 9.84 Å². The number of aliphatic hydroxyl groups is 1. The third kappa shape index (κ3) is 4.87. The maximum atomic E-state index is 12.6. The summed E-state index contributed by atoms with van der Waals surface area (Å²) in [6.45, 7) is 5.18. The molecule has 1 fully saturated rings. The highest BCUT2D eigenvalue weighted by Gasteiger charge is 2.28. The highest BCUT2D eigenvalue weighted by molar-refractivity contribution is 7.91. The van der Waals surface area contributed by atoms with E-state index in [-0.39, 0.29) is 41.5 Å². The van der Waals surface area contributed by atoms with Crippen LogP contribution in [-0.2, 0) is 14.6 Å². The van der Waals surface area contributed by atoms with Crippen molar-refractivity contribution in [3.05, 3.63) is 48.0 Å². The first-order valence-corrected chi connectivity index (χ1v) is 11.7. The van der Waals surface area contributed by atoms with Crippen molar-refractivity contribution in [3.63, 3.8) is 0 Å². The first kappa shape index (κ1) is 21.5. The molecule has 8 heteroatoms. The van der Waals surface area contributed by atoms with Crippen LogP contribution >= 0.6 is 0 Å². The van der Waals surface area contributed by atoms with E-state index in [0.717, 1.165) is 24.4 Å². The fraction of sp³-hybridized carbons (Fsp3) is 0.524. The van der Waals surface area contributed by atoms with Crippen LogP contribution in [-0.4, -0.2) is 59.3 Å². The smallest absolute Gasteiger partial charge is 0.223 e. The number of aliphatic hydroxyl groups excluding tert-OH is 1. The van der Waals surface area contributed by atoms with Gasteiger partial charge in [0, 0.05) is 37.3 Å². The molecule has 0 radical (unpaired) electrons. The molecule has 29 heavy (non-hydrogen) atoms. The van der Waals surface area contributed by atoms with Crippen LogP contribution in [0.3, 0.4) is 0 Å². The predicted octanol–water partition coefficient (Wildman–Crippen LogP) is 2.31. The van der Waals surface area contributed by atoms with Crippen molar-refractivity contribution < 1.29 is 18.3 Å². The summed E-state index contributed by atoms with van der Waals surface area (Å²) >= 11 is 0. The van der Waals surface area contributed by atoms with Gasteiger partial charge < -0.3 is 14.6 Å². The summed E-state index contributed by atoms with van der Waals surface area (Å²) in [6, 6.07) is 8.22. The molecule has 1 aromatic carbocycles. The van der Waals surface area contributed by atoms with Gasteiger partial charge in [-0.1, -0.05) is 18.2 Å². The van der Waals surface area contributed by atoms with Crippen molar-refractivity contribution in [1.82, 2.24) is 14.5 Å². The molecule has 0 unspecified atom stereocenters. The average molecular weight is 420 g/mol. The van der Waals surface area contributed by atoms with E-state index in [0.29, 0.717) is 13.1 Å². The maximum Gasteiger partial charge on any atom is 0.223 e. The molecule has 2 heterocycles. The predicted molar refractivity (Wildman–Crippen MR) is 110 cm³/mol. The third-order valence-corrected chi connectivity index (χ3v) is 7.35. The Morgan fingerprint density at radius 3 is 2.52 bits per heavy atom. The number of carbonyl (C=O) groups is 1. The van der Waals surface area contributed by atoms with E-state index in [9.17, 15) is 18.3 Å². The Kier molecular flexibility index (Phi) is 6.74. The zero-order chi connectivity index (χ0) is 21.0. The molecular weight excluding hydrogens is 390 g/mol. The maximum absolute atomic E-state index is 12.6. The number of nitrogens with zero attached hydrogens (tertiary/aromatic N) is 3. The van der Waals surface area contributed by atoms with Gasteiger partial charge in [-0.3, -0.25) is 4.79 Å². The molecule has 1 N–H and O–H groups in total. The standard InChI is InChI=1S/C21H29N3O4S/c1-16-14-22-21(24(16)17(2)15-25)18-8-11-23(12-9-18)20(26)10-13-29(27,28)19-6-4-3-5-7-19/h3-7,14,17-18,25H,8-13,15H2,1-2H3/t17-/m1/s1. The largest absolute Gasteiger partial charge is 0.394 e. The first-order chi connectivity index (χ1) is 13.8. The monoisotopic (exact) mass is 419 g/mol. The highest BCUT2D eigenvalue weighted by Crippen LogP contribution is 2.30. The summed E-state index contributed by atoms with van der Waals surface area (Å²) in [4.78, 5) is 19.1. The van der Waals surface area contributed by atoms with Crippen molar-refractivity contribution in [2.45, 2.75) is 50.0 Å². The Hall–Kier alpha value is -2.19.